The summed E-state index contributed by atoms with van der Waals surface area (Å²) in [5.74, 6) is 0.515. The minimum absolute atomic E-state index is 0.0668. The van der Waals surface area contributed by atoms with Crippen molar-refractivity contribution < 1.29 is 4.39 Å². The van der Waals surface area contributed by atoms with Gasteiger partial charge in [-0.1, -0.05) is 42.5 Å². The summed E-state index contributed by atoms with van der Waals surface area (Å²) in [4.78, 5) is 0.909. The Morgan fingerprint density at radius 2 is 1.71 bits per heavy atom. The molecule has 1 nitrogen and oxygen atoms in total. The molecule has 0 aliphatic heterocycles. The first-order valence-electron chi connectivity index (χ1n) is 6.85. The van der Waals surface area contributed by atoms with Crippen LogP contribution >= 0.6 is 11.8 Å². The molecule has 0 radical (unpaired) electrons. The van der Waals surface area contributed by atoms with E-state index < -0.39 is 0 Å². The molecule has 0 spiro atoms. The predicted octanol–water partition coefficient (Wildman–Crippen LogP) is 4.77. The van der Waals surface area contributed by atoms with E-state index in [-0.39, 0.29) is 11.9 Å². The Balaban J connectivity index is 1.73. The van der Waals surface area contributed by atoms with Crippen molar-refractivity contribution >= 4 is 22.5 Å². The summed E-state index contributed by atoms with van der Waals surface area (Å²) in [6.45, 7) is 0. The molecule has 21 heavy (non-hydrogen) atoms. The highest BCUT2D eigenvalue weighted by atomic mass is 32.2. The highest BCUT2D eigenvalue weighted by Gasteiger charge is 2.08. The van der Waals surface area contributed by atoms with Crippen LogP contribution < -0.4 is 5.73 Å². The van der Waals surface area contributed by atoms with Gasteiger partial charge in [0.25, 0.3) is 0 Å². The van der Waals surface area contributed by atoms with Gasteiger partial charge in [-0.2, -0.15) is 0 Å². The molecule has 0 aromatic heterocycles. The summed E-state index contributed by atoms with van der Waals surface area (Å²) < 4.78 is 13.1. The van der Waals surface area contributed by atoms with Crippen molar-refractivity contribution in [3.63, 3.8) is 0 Å². The fourth-order valence-corrected chi connectivity index (χ4v) is 3.21. The maximum absolute atomic E-state index is 13.1. The monoisotopic (exact) mass is 297 g/mol. The second-order valence-corrected chi connectivity index (χ2v) is 6.07. The molecular weight excluding hydrogens is 281 g/mol. The van der Waals surface area contributed by atoms with Crippen LogP contribution in [0.1, 0.15) is 11.6 Å². The van der Waals surface area contributed by atoms with Gasteiger partial charge >= 0.3 is 0 Å². The molecule has 106 valence electrons. The lowest BCUT2D eigenvalue weighted by molar-refractivity contribution is 0.624. The molecule has 3 rings (SSSR count). The predicted molar refractivity (Wildman–Crippen MR) is 88.0 cm³/mol. The molecule has 3 heteroatoms. The second-order valence-electron chi connectivity index (χ2n) is 4.98. The number of nitrogens with two attached hydrogens (primary N) is 1. The minimum Gasteiger partial charge on any atom is -0.323 e. The molecule has 0 amide bonds. The highest BCUT2D eigenvalue weighted by Crippen LogP contribution is 2.25. The number of rotatable bonds is 4. The van der Waals surface area contributed by atoms with Crippen molar-refractivity contribution in [3.05, 3.63) is 78.1 Å². The number of benzene rings is 3. The maximum Gasteiger partial charge on any atom is 0.124 e. The van der Waals surface area contributed by atoms with E-state index in [0.717, 1.165) is 16.2 Å². The molecule has 3 aromatic carbocycles. The van der Waals surface area contributed by atoms with Gasteiger partial charge in [-0.15, -0.1) is 11.8 Å². The van der Waals surface area contributed by atoms with Crippen LogP contribution in [0.2, 0.25) is 0 Å². The van der Waals surface area contributed by atoms with Gasteiger partial charge in [0.1, 0.15) is 5.82 Å². The fraction of sp³-hybridized carbons (Fsp3) is 0.111. The standard InChI is InChI=1S/C18H16FNS/c19-16-6-3-7-17(11-16)21-12-18(20)15-9-8-13-4-1-2-5-14(13)10-15/h1-11,18H,12,20H2. The number of fused-ring (bicyclic) bond motifs is 1. The molecule has 0 saturated heterocycles. The van der Waals surface area contributed by atoms with Crippen molar-refractivity contribution in [2.24, 2.45) is 5.73 Å². The van der Waals surface area contributed by atoms with Crippen molar-refractivity contribution in [1.29, 1.82) is 0 Å². The van der Waals surface area contributed by atoms with Gasteiger partial charge in [-0.05, 0) is 40.6 Å². The Morgan fingerprint density at radius 3 is 2.52 bits per heavy atom. The zero-order chi connectivity index (χ0) is 14.7. The van der Waals surface area contributed by atoms with Crippen LogP contribution in [0.3, 0.4) is 0 Å². The fourth-order valence-electron chi connectivity index (χ4n) is 2.28. The van der Waals surface area contributed by atoms with Gasteiger partial charge in [0, 0.05) is 16.7 Å². The molecule has 1 atom stereocenters. The first-order chi connectivity index (χ1) is 10.2. The summed E-state index contributed by atoms with van der Waals surface area (Å²) in [6, 6.07) is 21.1. The van der Waals surface area contributed by atoms with Gasteiger partial charge in [0.05, 0.1) is 0 Å². The topological polar surface area (TPSA) is 26.0 Å². The van der Waals surface area contributed by atoms with Crippen molar-refractivity contribution in [3.8, 4) is 0 Å². The summed E-state index contributed by atoms with van der Waals surface area (Å²) in [5, 5.41) is 2.41. The van der Waals surface area contributed by atoms with Crippen molar-refractivity contribution in [1.82, 2.24) is 0 Å². The van der Waals surface area contributed by atoms with Gasteiger partial charge in [0.15, 0.2) is 0 Å². The third-order valence-electron chi connectivity index (χ3n) is 3.43. The van der Waals surface area contributed by atoms with Gasteiger partial charge in [-0.25, -0.2) is 4.39 Å². The summed E-state index contributed by atoms with van der Waals surface area (Å²) in [7, 11) is 0. The number of hydrogen-bond donors (Lipinski definition) is 1. The van der Waals surface area contributed by atoms with E-state index >= 15 is 0 Å². The van der Waals surface area contributed by atoms with E-state index in [1.807, 2.05) is 18.2 Å². The smallest absolute Gasteiger partial charge is 0.124 e. The Bertz CT molecular complexity index is 757. The Hall–Kier alpha value is -1.84. The lowest BCUT2D eigenvalue weighted by Gasteiger charge is -2.12. The zero-order valence-electron chi connectivity index (χ0n) is 11.5. The number of thioether (sulfide) groups is 1. The minimum atomic E-state index is -0.209. The second kappa shape index (κ2) is 6.29. The van der Waals surface area contributed by atoms with E-state index in [0.29, 0.717) is 0 Å². The third-order valence-corrected chi connectivity index (χ3v) is 4.54. The number of halogens is 1. The average molecular weight is 297 g/mol. The Morgan fingerprint density at radius 1 is 0.905 bits per heavy atom. The first-order valence-corrected chi connectivity index (χ1v) is 7.83. The normalized spacial score (nSPS) is 12.5. The summed E-state index contributed by atoms with van der Waals surface area (Å²) in [6.07, 6.45) is 0. The molecule has 0 fully saturated rings. The van der Waals surface area contributed by atoms with E-state index in [1.54, 1.807) is 17.8 Å². The first kappa shape index (κ1) is 14.1. The van der Waals surface area contributed by atoms with Crippen LogP contribution in [0.4, 0.5) is 4.39 Å². The molecule has 2 N–H and O–H groups in total. The lowest BCUT2D eigenvalue weighted by atomic mass is 10.0. The molecule has 0 bridgehead atoms. The van der Waals surface area contributed by atoms with Gasteiger partial charge < -0.3 is 5.73 Å². The van der Waals surface area contributed by atoms with Crippen LogP contribution in [0, 0.1) is 5.82 Å². The van der Waals surface area contributed by atoms with E-state index in [4.69, 9.17) is 5.73 Å². The molecule has 1 unspecified atom stereocenters. The van der Waals surface area contributed by atoms with Crippen LogP contribution in [-0.2, 0) is 0 Å². The Kier molecular flexibility index (Phi) is 4.23. The molecular formula is C18H16FNS. The summed E-state index contributed by atoms with van der Waals surface area (Å²) >= 11 is 1.58. The van der Waals surface area contributed by atoms with Crippen LogP contribution in [0.15, 0.2) is 71.6 Å². The SMILES string of the molecule is NC(CSc1cccc(F)c1)c1ccc2ccccc2c1. The average Bonchev–Trinajstić information content (AvgIpc) is 2.52. The zero-order valence-corrected chi connectivity index (χ0v) is 12.3. The summed E-state index contributed by atoms with van der Waals surface area (Å²) in [5.41, 5.74) is 7.37. The van der Waals surface area contributed by atoms with E-state index in [2.05, 4.69) is 30.3 Å². The maximum atomic E-state index is 13.1. The largest absolute Gasteiger partial charge is 0.323 e. The van der Waals surface area contributed by atoms with Crippen LogP contribution in [0.25, 0.3) is 10.8 Å². The van der Waals surface area contributed by atoms with Crippen molar-refractivity contribution in [2.75, 3.05) is 5.75 Å². The molecule has 3 aromatic rings. The van der Waals surface area contributed by atoms with Crippen LogP contribution in [0.5, 0.6) is 0 Å². The van der Waals surface area contributed by atoms with Crippen LogP contribution in [-0.4, -0.2) is 5.75 Å². The molecule has 0 aliphatic carbocycles. The van der Waals surface area contributed by atoms with E-state index in [9.17, 15) is 4.39 Å². The lowest BCUT2D eigenvalue weighted by Crippen LogP contribution is -2.12. The van der Waals surface area contributed by atoms with Crippen molar-refractivity contribution in [2.45, 2.75) is 10.9 Å². The quantitative estimate of drug-likeness (QED) is 0.702. The highest BCUT2D eigenvalue weighted by molar-refractivity contribution is 7.99. The third kappa shape index (κ3) is 3.43. The van der Waals surface area contributed by atoms with Gasteiger partial charge in [-0.3, -0.25) is 0 Å². The van der Waals surface area contributed by atoms with Gasteiger partial charge in [0.2, 0.25) is 0 Å². The number of hydrogen-bond acceptors (Lipinski definition) is 2. The molecule has 0 saturated carbocycles. The van der Waals surface area contributed by atoms with E-state index in [1.165, 1.54) is 22.9 Å². The molecule has 0 heterocycles. The Labute approximate surface area is 128 Å². The molecule has 0 aliphatic rings.